The summed E-state index contributed by atoms with van der Waals surface area (Å²) >= 11 is 0. The average molecular weight is 259 g/mol. The number of nitrogens with one attached hydrogen (secondary N) is 1. The van der Waals surface area contributed by atoms with Crippen molar-refractivity contribution in [2.75, 3.05) is 30.9 Å². The van der Waals surface area contributed by atoms with Gasteiger partial charge in [0.25, 0.3) is 0 Å². The maximum Gasteiger partial charge on any atom is 0.433 e. The standard InChI is InChI=1S/C10H12F3N5/c1-15-9-16-7(10(11,12)13)6-8(17-9)18(2)5-3-4-14/h6H,3,5H2,1-2H3,(H,15,16,17). The molecule has 0 radical (unpaired) electrons. The predicted molar refractivity (Wildman–Crippen MR) is 60.1 cm³/mol. The van der Waals surface area contributed by atoms with Crippen molar-refractivity contribution in [3.05, 3.63) is 11.8 Å². The maximum absolute atomic E-state index is 12.6. The van der Waals surface area contributed by atoms with Crippen LogP contribution in [0, 0.1) is 11.3 Å². The minimum absolute atomic E-state index is 0.108. The van der Waals surface area contributed by atoms with Gasteiger partial charge in [0, 0.05) is 26.7 Å². The van der Waals surface area contributed by atoms with Crippen LogP contribution in [-0.4, -0.2) is 30.6 Å². The van der Waals surface area contributed by atoms with Gasteiger partial charge in [-0.2, -0.15) is 23.4 Å². The minimum atomic E-state index is -4.53. The molecule has 0 saturated heterocycles. The van der Waals surface area contributed by atoms with Gasteiger partial charge in [0.1, 0.15) is 5.82 Å². The van der Waals surface area contributed by atoms with Crippen molar-refractivity contribution in [3.8, 4) is 6.07 Å². The smallest absolute Gasteiger partial charge is 0.358 e. The second kappa shape index (κ2) is 5.53. The Labute approximate surface area is 102 Å². The molecular formula is C10H12F3N5. The van der Waals surface area contributed by atoms with Crippen molar-refractivity contribution in [1.29, 1.82) is 5.26 Å². The lowest BCUT2D eigenvalue weighted by Gasteiger charge is -2.18. The summed E-state index contributed by atoms with van der Waals surface area (Å²) in [7, 11) is 3.01. The third kappa shape index (κ3) is 3.48. The van der Waals surface area contributed by atoms with Gasteiger partial charge in [0.05, 0.1) is 12.5 Å². The third-order valence-electron chi connectivity index (χ3n) is 2.18. The summed E-state index contributed by atoms with van der Waals surface area (Å²) in [5.41, 5.74) is -1.01. The highest BCUT2D eigenvalue weighted by atomic mass is 19.4. The first-order chi connectivity index (χ1) is 8.38. The van der Waals surface area contributed by atoms with E-state index in [0.717, 1.165) is 6.07 Å². The van der Waals surface area contributed by atoms with Gasteiger partial charge < -0.3 is 10.2 Å². The zero-order chi connectivity index (χ0) is 13.8. The number of alkyl halides is 3. The first-order valence-electron chi connectivity index (χ1n) is 5.10. The number of rotatable bonds is 4. The lowest BCUT2D eigenvalue weighted by molar-refractivity contribution is -0.141. The average Bonchev–Trinajstić information content (AvgIpc) is 2.34. The van der Waals surface area contributed by atoms with Crippen molar-refractivity contribution in [2.45, 2.75) is 12.6 Å². The molecule has 0 atom stereocenters. The molecule has 0 spiro atoms. The molecule has 0 aliphatic rings. The van der Waals surface area contributed by atoms with Crippen LogP contribution >= 0.6 is 0 Å². The van der Waals surface area contributed by atoms with E-state index >= 15 is 0 Å². The monoisotopic (exact) mass is 259 g/mol. The SMILES string of the molecule is CNc1nc(N(C)CCC#N)cc(C(F)(F)F)n1. The predicted octanol–water partition coefficient (Wildman–Crippen LogP) is 1.89. The highest BCUT2D eigenvalue weighted by Gasteiger charge is 2.34. The topological polar surface area (TPSA) is 64.8 Å². The van der Waals surface area contributed by atoms with E-state index in [4.69, 9.17) is 5.26 Å². The fourth-order valence-electron chi connectivity index (χ4n) is 1.22. The molecule has 0 saturated carbocycles. The molecule has 0 aliphatic heterocycles. The summed E-state index contributed by atoms with van der Waals surface area (Å²) in [6, 6.07) is 2.78. The molecule has 0 unspecified atom stereocenters. The van der Waals surface area contributed by atoms with Gasteiger partial charge in [0.15, 0.2) is 5.69 Å². The molecule has 0 bridgehead atoms. The van der Waals surface area contributed by atoms with Crippen LogP contribution in [0.15, 0.2) is 6.07 Å². The molecule has 1 rings (SSSR count). The molecule has 8 heteroatoms. The van der Waals surface area contributed by atoms with Crippen LogP contribution in [-0.2, 0) is 6.18 Å². The highest BCUT2D eigenvalue weighted by Crippen LogP contribution is 2.30. The fraction of sp³-hybridized carbons (Fsp3) is 0.500. The van der Waals surface area contributed by atoms with E-state index in [0.29, 0.717) is 6.54 Å². The van der Waals surface area contributed by atoms with Gasteiger partial charge in [-0.15, -0.1) is 0 Å². The summed E-state index contributed by atoms with van der Waals surface area (Å²) in [5.74, 6) is 0.0144. The lowest BCUT2D eigenvalue weighted by Crippen LogP contribution is -2.21. The van der Waals surface area contributed by atoms with E-state index in [1.165, 1.54) is 11.9 Å². The van der Waals surface area contributed by atoms with Crippen molar-refractivity contribution in [2.24, 2.45) is 0 Å². The van der Waals surface area contributed by atoms with Crippen LogP contribution in [0.2, 0.25) is 0 Å². The Morgan fingerprint density at radius 1 is 1.44 bits per heavy atom. The zero-order valence-electron chi connectivity index (χ0n) is 9.91. The Morgan fingerprint density at radius 2 is 2.11 bits per heavy atom. The van der Waals surface area contributed by atoms with E-state index < -0.39 is 11.9 Å². The van der Waals surface area contributed by atoms with Crippen LogP contribution in [0.1, 0.15) is 12.1 Å². The number of anilines is 2. The van der Waals surface area contributed by atoms with E-state index in [-0.39, 0.29) is 18.2 Å². The summed E-state index contributed by atoms with van der Waals surface area (Å²) in [4.78, 5) is 8.73. The molecule has 1 aromatic heterocycles. The second-order valence-corrected chi connectivity index (χ2v) is 3.51. The van der Waals surface area contributed by atoms with Gasteiger partial charge in [-0.25, -0.2) is 4.98 Å². The van der Waals surface area contributed by atoms with Gasteiger partial charge in [-0.3, -0.25) is 0 Å². The minimum Gasteiger partial charge on any atom is -0.358 e. The number of aromatic nitrogens is 2. The van der Waals surface area contributed by atoms with Crippen LogP contribution < -0.4 is 10.2 Å². The normalized spacial score (nSPS) is 10.9. The Morgan fingerprint density at radius 3 is 2.61 bits per heavy atom. The summed E-state index contributed by atoms with van der Waals surface area (Å²) in [6.07, 6.45) is -4.32. The van der Waals surface area contributed by atoms with Crippen molar-refractivity contribution in [1.82, 2.24) is 9.97 Å². The number of halogens is 3. The van der Waals surface area contributed by atoms with Crippen molar-refractivity contribution in [3.63, 3.8) is 0 Å². The van der Waals surface area contributed by atoms with E-state index in [1.807, 2.05) is 6.07 Å². The molecule has 98 valence electrons. The molecule has 1 N–H and O–H groups in total. The number of hydrogen-bond acceptors (Lipinski definition) is 5. The summed E-state index contributed by atoms with van der Waals surface area (Å²) in [6.45, 7) is 0.300. The van der Waals surface area contributed by atoms with Crippen LogP contribution in [0.3, 0.4) is 0 Å². The van der Waals surface area contributed by atoms with E-state index in [9.17, 15) is 13.2 Å². The van der Waals surface area contributed by atoms with Gasteiger partial charge in [-0.1, -0.05) is 0 Å². The van der Waals surface area contributed by atoms with Gasteiger partial charge >= 0.3 is 6.18 Å². The first-order valence-corrected chi connectivity index (χ1v) is 5.10. The first kappa shape index (κ1) is 14.0. The molecule has 5 nitrogen and oxygen atoms in total. The quantitative estimate of drug-likeness (QED) is 0.894. The number of nitriles is 1. The van der Waals surface area contributed by atoms with Crippen molar-refractivity contribution >= 4 is 11.8 Å². The Bertz CT molecular complexity index is 452. The van der Waals surface area contributed by atoms with E-state index in [1.54, 1.807) is 7.05 Å². The Hall–Kier alpha value is -2.04. The van der Waals surface area contributed by atoms with E-state index in [2.05, 4.69) is 15.3 Å². The van der Waals surface area contributed by atoms with Crippen LogP contribution in [0.5, 0.6) is 0 Å². The zero-order valence-corrected chi connectivity index (χ0v) is 9.91. The molecule has 0 aliphatic carbocycles. The highest BCUT2D eigenvalue weighted by molar-refractivity contribution is 5.44. The molecular weight excluding hydrogens is 247 g/mol. The molecule has 1 heterocycles. The molecule has 0 aromatic carbocycles. The molecule has 0 amide bonds. The third-order valence-corrected chi connectivity index (χ3v) is 2.18. The Kier molecular flexibility index (Phi) is 4.31. The maximum atomic E-state index is 12.6. The second-order valence-electron chi connectivity index (χ2n) is 3.51. The molecule has 0 fully saturated rings. The fourth-order valence-corrected chi connectivity index (χ4v) is 1.22. The van der Waals surface area contributed by atoms with Gasteiger partial charge in [0.2, 0.25) is 5.95 Å². The van der Waals surface area contributed by atoms with Crippen LogP contribution in [0.4, 0.5) is 24.9 Å². The van der Waals surface area contributed by atoms with Crippen LogP contribution in [0.25, 0.3) is 0 Å². The summed E-state index contributed by atoms with van der Waals surface area (Å²) in [5, 5.41) is 10.9. The molecule has 18 heavy (non-hydrogen) atoms. The molecule has 1 aromatic rings. The Balaban J connectivity index is 3.09. The van der Waals surface area contributed by atoms with Crippen molar-refractivity contribution < 1.29 is 13.2 Å². The lowest BCUT2D eigenvalue weighted by atomic mass is 10.3. The van der Waals surface area contributed by atoms with Gasteiger partial charge in [-0.05, 0) is 0 Å². The summed E-state index contributed by atoms with van der Waals surface area (Å²) < 4.78 is 37.8. The number of nitrogens with zero attached hydrogens (tertiary/aromatic N) is 4. The number of hydrogen-bond donors (Lipinski definition) is 1. The largest absolute Gasteiger partial charge is 0.433 e.